The minimum Gasteiger partial charge on any atom is -0.286 e. The summed E-state index contributed by atoms with van der Waals surface area (Å²) >= 11 is 10.5. The predicted octanol–water partition coefficient (Wildman–Crippen LogP) is 4.00. The molecule has 90 valence electrons. The van der Waals surface area contributed by atoms with Crippen LogP contribution in [0.1, 0.15) is 28.7 Å². The highest BCUT2D eigenvalue weighted by Gasteiger charge is 2.19. The highest BCUT2D eigenvalue weighted by atomic mass is 79.9. The molecular weight excluding hydrogens is 324 g/mol. The summed E-state index contributed by atoms with van der Waals surface area (Å²) in [5.41, 5.74) is 0.588. The van der Waals surface area contributed by atoms with E-state index in [0.717, 1.165) is 17.4 Å². The molecule has 0 saturated carbocycles. The number of rotatable bonds is 4. The second kappa shape index (κ2) is 5.33. The van der Waals surface area contributed by atoms with Crippen molar-refractivity contribution < 1.29 is 4.79 Å². The molecule has 0 saturated heterocycles. The molecule has 6 heteroatoms. The lowest BCUT2D eigenvalue weighted by molar-refractivity contribution is 0.103. The lowest BCUT2D eigenvalue weighted by atomic mass is 10.2. The Morgan fingerprint density at radius 2 is 2.35 bits per heavy atom. The first-order valence-electron chi connectivity index (χ1n) is 5.14. The van der Waals surface area contributed by atoms with Crippen molar-refractivity contribution in [3.63, 3.8) is 0 Å². The van der Waals surface area contributed by atoms with Gasteiger partial charge in [0.25, 0.3) is 0 Å². The van der Waals surface area contributed by atoms with Crippen LogP contribution in [0.2, 0.25) is 4.34 Å². The molecule has 0 aliphatic carbocycles. The Kier molecular flexibility index (Phi) is 4.01. The summed E-state index contributed by atoms with van der Waals surface area (Å²) in [7, 11) is 0. The zero-order chi connectivity index (χ0) is 12.4. The summed E-state index contributed by atoms with van der Waals surface area (Å²) in [6.07, 6.45) is 2.58. The molecule has 0 N–H and O–H groups in total. The molecule has 0 radical (unpaired) electrons. The lowest BCUT2D eigenvalue weighted by Crippen LogP contribution is -2.11. The van der Waals surface area contributed by atoms with Crippen LogP contribution in [-0.4, -0.2) is 15.6 Å². The smallest absolute Gasteiger partial charge is 0.222 e. The molecule has 2 rings (SSSR count). The minimum atomic E-state index is -0.0419. The van der Waals surface area contributed by atoms with Crippen molar-refractivity contribution in [2.75, 3.05) is 0 Å². The van der Waals surface area contributed by atoms with Crippen molar-refractivity contribution in [1.29, 1.82) is 0 Å². The van der Waals surface area contributed by atoms with Crippen molar-refractivity contribution >= 4 is 44.7 Å². The molecule has 0 bridgehead atoms. The summed E-state index contributed by atoms with van der Waals surface area (Å²) in [6, 6.07) is 3.47. The van der Waals surface area contributed by atoms with Gasteiger partial charge in [-0.1, -0.05) is 18.5 Å². The molecule has 0 aliphatic rings. The number of carbonyl (C=O) groups is 1. The third-order valence-corrected chi connectivity index (χ3v) is 4.05. The molecule has 2 aromatic rings. The average molecular weight is 334 g/mol. The van der Waals surface area contributed by atoms with Gasteiger partial charge in [-0.3, -0.25) is 9.48 Å². The van der Waals surface area contributed by atoms with Crippen LogP contribution in [0.15, 0.2) is 22.8 Å². The van der Waals surface area contributed by atoms with Crippen LogP contribution in [0.25, 0.3) is 0 Å². The van der Waals surface area contributed by atoms with Gasteiger partial charge in [0, 0.05) is 6.54 Å². The van der Waals surface area contributed by atoms with Crippen molar-refractivity contribution in [3.05, 3.63) is 37.7 Å². The number of hydrogen-bond donors (Lipinski definition) is 0. The van der Waals surface area contributed by atoms with E-state index in [-0.39, 0.29) is 5.78 Å². The molecule has 2 aromatic heterocycles. The molecule has 17 heavy (non-hydrogen) atoms. The number of ketones is 1. The third-order valence-electron chi connectivity index (χ3n) is 2.24. The summed E-state index contributed by atoms with van der Waals surface area (Å²) in [6.45, 7) is 2.78. The van der Waals surface area contributed by atoms with Crippen molar-refractivity contribution in [2.24, 2.45) is 0 Å². The summed E-state index contributed by atoms with van der Waals surface area (Å²) in [5.74, 6) is -0.0419. The van der Waals surface area contributed by atoms with Crippen LogP contribution >= 0.6 is 38.9 Å². The Labute approximate surface area is 117 Å². The van der Waals surface area contributed by atoms with E-state index in [1.807, 2.05) is 6.92 Å². The number of nitrogens with zero attached hydrogens (tertiary/aromatic N) is 2. The highest BCUT2D eigenvalue weighted by Crippen LogP contribution is 2.26. The molecule has 0 atom stereocenters. The Morgan fingerprint density at radius 3 is 2.94 bits per heavy atom. The van der Waals surface area contributed by atoms with E-state index in [1.165, 1.54) is 11.3 Å². The van der Waals surface area contributed by atoms with Gasteiger partial charge in [-0.2, -0.15) is 5.10 Å². The summed E-state index contributed by atoms with van der Waals surface area (Å²) in [4.78, 5) is 12.9. The largest absolute Gasteiger partial charge is 0.286 e. The third kappa shape index (κ3) is 2.61. The van der Waals surface area contributed by atoms with Crippen LogP contribution in [0, 0.1) is 0 Å². The van der Waals surface area contributed by atoms with E-state index in [2.05, 4.69) is 21.0 Å². The maximum atomic E-state index is 12.3. The first kappa shape index (κ1) is 12.8. The molecule has 0 fully saturated rings. The first-order chi connectivity index (χ1) is 8.13. The van der Waals surface area contributed by atoms with Gasteiger partial charge in [0.05, 0.1) is 19.9 Å². The van der Waals surface area contributed by atoms with Crippen LogP contribution in [-0.2, 0) is 6.54 Å². The zero-order valence-electron chi connectivity index (χ0n) is 9.11. The second-order valence-electron chi connectivity index (χ2n) is 3.50. The maximum Gasteiger partial charge on any atom is 0.222 e. The van der Waals surface area contributed by atoms with E-state index < -0.39 is 0 Å². The predicted molar refractivity (Wildman–Crippen MR) is 73.0 cm³/mol. The summed E-state index contributed by atoms with van der Waals surface area (Å²) in [5, 5.41) is 4.18. The van der Waals surface area contributed by atoms with Gasteiger partial charge in [0.2, 0.25) is 5.78 Å². The van der Waals surface area contributed by atoms with Gasteiger partial charge in [-0.25, -0.2) is 0 Å². The second-order valence-corrected chi connectivity index (χ2v) is 6.07. The van der Waals surface area contributed by atoms with Gasteiger partial charge in [0.1, 0.15) is 5.69 Å². The number of aromatic nitrogens is 2. The van der Waals surface area contributed by atoms with Crippen molar-refractivity contribution in [3.8, 4) is 0 Å². The average Bonchev–Trinajstić information content (AvgIpc) is 2.86. The molecular formula is C11H10BrClN2OS. The fraction of sp³-hybridized carbons (Fsp3) is 0.273. The normalized spacial score (nSPS) is 10.8. The fourth-order valence-corrected chi connectivity index (χ4v) is 2.98. The maximum absolute atomic E-state index is 12.3. The topological polar surface area (TPSA) is 34.9 Å². The standard InChI is InChI=1S/C11H10BrClN2OS/c1-2-5-15-10(7(12)6-14-15)11(16)8-3-4-9(13)17-8/h3-4,6H,2,5H2,1H3. The number of carbonyl (C=O) groups excluding carboxylic acids is 1. The van der Waals surface area contributed by atoms with Gasteiger partial charge in [-0.05, 0) is 34.5 Å². The zero-order valence-corrected chi connectivity index (χ0v) is 12.3. The van der Waals surface area contributed by atoms with Gasteiger partial charge in [0.15, 0.2) is 0 Å². The van der Waals surface area contributed by atoms with E-state index in [4.69, 9.17) is 11.6 Å². The molecule has 0 aromatic carbocycles. The lowest BCUT2D eigenvalue weighted by Gasteiger charge is -2.04. The molecule has 0 amide bonds. The van der Waals surface area contributed by atoms with Crippen molar-refractivity contribution in [1.82, 2.24) is 9.78 Å². The Balaban J connectivity index is 2.39. The van der Waals surface area contributed by atoms with E-state index >= 15 is 0 Å². The number of hydrogen-bond acceptors (Lipinski definition) is 3. The molecule has 2 heterocycles. The monoisotopic (exact) mass is 332 g/mol. The SMILES string of the molecule is CCCn1ncc(Br)c1C(=O)c1ccc(Cl)s1. The minimum absolute atomic E-state index is 0.0419. The Morgan fingerprint density at radius 1 is 1.59 bits per heavy atom. The molecule has 0 spiro atoms. The molecule has 3 nitrogen and oxygen atoms in total. The van der Waals surface area contributed by atoms with Crippen LogP contribution in [0.3, 0.4) is 0 Å². The van der Waals surface area contributed by atoms with Crippen LogP contribution in [0.5, 0.6) is 0 Å². The quantitative estimate of drug-likeness (QED) is 0.793. The van der Waals surface area contributed by atoms with Gasteiger partial charge in [-0.15, -0.1) is 11.3 Å². The van der Waals surface area contributed by atoms with Crippen molar-refractivity contribution in [2.45, 2.75) is 19.9 Å². The van der Waals surface area contributed by atoms with E-state index in [9.17, 15) is 4.79 Å². The number of thiophene rings is 1. The molecule has 0 unspecified atom stereocenters. The Hall–Kier alpha value is -0.650. The summed E-state index contributed by atoms with van der Waals surface area (Å²) < 4.78 is 3.06. The van der Waals surface area contributed by atoms with Gasteiger partial charge >= 0.3 is 0 Å². The molecule has 0 aliphatic heterocycles. The van der Waals surface area contributed by atoms with E-state index in [0.29, 0.717) is 14.9 Å². The van der Waals surface area contributed by atoms with Gasteiger partial charge < -0.3 is 0 Å². The van der Waals surface area contributed by atoms with E-state index in [1.54, 1.807) is 23.0 Å². The van der Waals surface area contributed by atoms with Crippen LogP contribution < -0.4 is 0 Å². The Bertz CT molecular complexity index is 549. The highest BCUT2D eigenvalue weighted by molar-refractivity contribution is 9.10. The number of aryl methyl sites for hydroxylation is 1. The van der Waals surface area contributed by atoms with Crippen LogP contribution in [0.4, 0.5) is 0 Å². The first-order valence-corrected chi connectivity index (χ1v) is 7.13. The fourth-order valence-electron chi connectivity index (χ4n) is 1.52. The number of halogens is 2.